The van der Waals surface area contributed by atoms with Crippen molar-refractivity contribution in [2.75, 3.05) is 0 Å². The second kappa shape index (κ2) is 27.7. The van der Waals surface area contributed by atoms with E-state index in [2.05, 4.69) is 431 Å². The molecule has 0 saturated carbocycles. The van der Waals surface area contributed by atoms with E-state index in [9.17, 15) is 0 Å². The lowest BCUT2D eigenvalue weighted by Gasteiger charge is -2.41. The number of pyridine rings is 3. The van der Waals surface area contributed by atoms with Crippen molar-refractivity contribution >= 4 is 21.5 Å². The number of fused-ring (bicyclic) bond motifs is 29. The molecule has 0 amide bonds. The Balaban J connectivity index is 0.613. The number of hydrogen-bond donors (Lipinski definition) is 0. The molecule has 27 rings (SSSR count). The van der Waals surface area contributed by atoms with Gasteiger partial charge in [-0.1, -0.05) is 358 Å². The fourth-order valence-corrected chi connectivity index (χ4v) is 23.0. The molecule has 3 aromatic heterocycles. The summed E-state index contributed by atoms with van der Waals surface area (Å²) in [5, 5.41) is 4.28. The maximum Gasteiger partial charge on any atom is 0.140 e. The standard InChI is InChI=1S/C122H73N3O3/c1-4-29-74(30-5-1)81-70-109(124-110(71-81)79-60-64-114-108(69-79)120(102-52-20-22-57-112(102)126-114)97-47-15-10-37-86(97)87-38-11-16-48-98(87)120)78-35-24-36-80(67-78)117-91-44-25-42-84(95(91)72-111(125-117)76-33-8-3-9-34-76)92-45-27-56-106-118(92)127-113-58-23-21-53-103(113)122(106)101-51-19-14-41-94(101)116-90(43-26-54-104(116)122)93-46-28-55-105-119(93)128-115-63-59-77(83-62-61-82(75-31-6-2-7-32-75)96-73-123-66-65-85(83)96)68-107(115)121(105)99-49-17-12-39-88(99)89-40-13-18-50-100(89)121/h1-73H. The van der Waals surface area contributed by atoms with E-state index in [-0.39, 0.29) is 0 Å². The van der Waals surface area contributed by atoms with Crippen LogP contribution in [0, 0.1) is 0 Å². The van der Waals surface area contributed by atoms with Crippen LogP contribution in [-0.4, -0.2) is 15.0 Å². The molecular formula is C122H73N3O3. The molecule has 3 aliphatic heterocycles. The summed E-state index contributed by atoms with van der Waals surface area (Å²) in [5.74, 6) is 4.93. The Bertz CT molecular complexity index is 8230. The first kappa shape index (κ1) is 71.9. The van der Waals surface area contributed by atoms with E-state index in [0.29, 0.717) is 0 Å². The molecule has 6 aliphatic rings. The highest BCUT2D eigenvalue weighted by atomic mass is 16.5. The molecule has 6 nitrogen and oxygen atoms in total. The molecule has 0 radical (unpaired) electrons. The molecule has 6 heteroatoms. The van der Waals surface area contributed by atoms with E-state index in [4.69, 9.17) is 29.2 Å². The summed E-state index contributed by atoms with van der Waals surface area (Å²) in [5.41, 5.74) is 36.8. The van der Waals surface area contributed by atoms with Gasteiger partial charge in [0.2, 0.25) is 0 Å². The van der Waals surface area contributed by atoms with Crippen molar-refractivity contribution in [2.45, 2.75) is 16.2 Å². The molecule has 0 saturated heterocycles. The lowest BCUT2D eigenvalue weighted by Crippen LogP contribution is -2.32. The zero-order chi connectivity index (χ0) is 83.9. The molecule has 21 aromatic rings. The highest BCUT2D eigenvalue weighted by molar-refractivity contribution is 6.09. The van der Waals surface area contributed by atoms with Gasteiger partial charge in [0.05, 0.1) is 39.0 Å². The SMILES string of the molecule is c1ccc(-c2cc(-c3cccc(-c4nc(-c5ccccc5)cc5c(-c6cccc7c6Oc6ccccc6C76c7ccccc7-c7c(-c8cccc9c8Oc8ccc(-c%10ccc(-c%11ccccc%11)c%11cnccc%10%11)cc8C98c9ccccc9-c9ccccc98)cccc76)cccc45)c3)nc(-c3ccc4c(c3)C3(c5ccccc5O4)c4ccccc4-c4ccccc43)c2)cc1. The Labute approximate surface area is 740 Å². The Morgan fingerprint density at radius 3 is 1.20 bits per heavy atom. The zero-order valence-electron chi connectivity index (χ0n) is 69.2. The second-order valence-corrected chi connectivity index (χ2v) is 34.4. The van der Waals surface area contributed by atoms with Crippen LogP contribution in [0.15, 0.2) is 443 Å². The predicted molar refractivity (Wildman–Crippen MR) is 516 cm³/mol. The average molecular weight is 1630 g/mol. The van der Waals surface area contributed by atoms with E-state index in [0.717, 1.165) is 201 Å². The first-order chi connectivity index (χ1) is 63.5. The van der Waals surface area contributed by atoms with Gasteiger partial charge in [0, 0.05) is 89.9 Å². The van der Waals surface area contributed by atoms with Gasteiger partial charge in [0.15, 0.2) is 0 Å². The van der Waals surface area contributed by atoms with E-state index in [1.165, 1.54) is 55.6 Å². The van der Waals surface area contributed by atoms with Crippen LogP contribution in [0.4, 0.5) is 0 Å². The molecule has 1 atom stereocenters. The first-order valence-electron chi connectivity index (χ1n) is 44.0. The monoisotopic (exact) mass is 1630 g/mol. The summed E-state index contributed by atoms with van der Waals surface area (Å²) < 4.78 is 22.4. The van der Waals surface area contributed by atoms with Gasteiger partial charge < -0.3 is 14.2 Å². The van der Waals surface area contributed by atoms with Crippen LogP contribution in [0.5, 0.6) is 34.5 Å². The van der Waals surface area contributed by atoms with Crippen molar-refractivity contribution < 1.29 is 14.2 Å². The van der Waals surface area contributed by atoms with Gasteiger partial charge >= 0.3 is 0 Å². The van der Waals surface area contributed by atoms with Gasteiger partial charge in [-0.25, -0.2) is 9.97 Å². The zero-order valence-corrected chi connectivity index (χ0v) is 69.2. The van der Waals surface area contributed by atoms with Crippen molar-refractivity contribution in [3.63, 3.8) is 0 Å². The van der Waals surface area contributed by atoms with E-state index >= 15 is 0 Å². The average Bonchev–Trinajstić information content (AvgIpc) is 1.47. The van der Waals surface area contributed by atoms with Gasteiger partial charge in [-0.2, -0.15) is 0 Å². The third-order valence-corrected chi connectivity index (χ3v) is 28.2. The quantitative estimate of drug-likeness (QED) is 0.143. The maximum absolute atomic E-state index is 7.78. The largest absolute Gasteiger partial charge is 0.457 e. The highest BCUT2D eigenvalue weighted by Crippen LogP contribution is 2.69. The van der Waals surface area contributed by atoms with Crippen LogP contribution in [0.1, 0.15) is 66.8 Å². The lowest BCUT2D eigenvalue weighted by molar-refractivity contribution is 0.436. The smallest absolute Gasteiger partial charge is 0.140 e. The van der Waals surface area contributed by atoms with Crippen molar-refractivity contribution in [1.82, 2.24) is 15.0 Å². The molecular weight excluding hydrogens is 1560 g/mol. The minimum absolute atomic E-state index is 0.646. The Morgan fingerprint density at radius 1 is 0.180 bits per heavy atom. The summed E-state index contributed by atoms with van der Waals surface area (Å²) >= 11 is 0. The van der Waals surface area contributed by atoms with Gasteiger partial charge in [-0.05, 0) is 195 Å². The summed E-state index contributed by atoms with van der Waals surface area (Å²) in [7, 11) is 0. The molecule has 0 bridgehead atoms. The van der Waals surface area contributed by atoms with Crippen LogP contribution in [0.25, 0.3) is 156 Å². The number of para-hydroxylation sites is 4. The van der Waals surface area contributed by atoms with Gasteiger partial charge in [-0.15, -0.1) is 0 Å². The van der Waals surface area contributed by atoms with E-state index in [1.807, 2.05) is 12.4 Å². The molecule has 594 valence electrons. The summed E-state index contributed by atoms with van der Waals surface area (Å²) in [6.07, 6.45) is 3.93. The third-order valence-electron chi connectivity index (χ3n) is 28.2. The Hall–Kier alpha value is -16.7. The second-order valence-electron chi connectivity index (χ2n) is 34.4. The Kier molecular flexibility index (Phi) is 15.5. The van der Waals surface area contributed by atoms with Crippen molar-refractivity contribution in [2.24, 2.45) is 0 Å². The molecule has 128 heavy (non-hydrogen) atoms. The van der Waals surface area contributed by atoms with Crippen molar-refractivity contribution in [3.8, 4) is 169 Å². The van der Waals surface area contributed by atoms with Crippen LogP contribution >= 0.6 is 0 Å². The fraction of sp³-hybridized carbons (Fsp3) is 0.0246. The normalized spacial score (nSPS) is 14.6. The highest BCUT2D eigenvalue weighted by Gasteiger charge is 2.56. The number of ether oxygens (including phenoxy) is 3. The van der Waals surface area contributed by atoms with Crippen LogP contribution in [0.2, 0.25) is 0 Å². The van der Waals surface area contributed by atoms with E-state index < -0.39 is 16.2 Å². The summed E-state index contributed by atoms with van der Waals surface area (Å²) in [6, 6.07) is 157. The maximum atomic E-state index is 7.78. The van der Waals surface area contributed by atoms with Gasteiger partial charge in [0.1, 0.15) is 34.5 Å². The number of aromatic nitrogens is 3. The third kappa shape index (κ3) is 10.1. The molecule has 3 spiro atoms. The Morgan fingerprint density at radius 2 is 0.578 bits per heavy atom. The first-order valence-corrected chi connectivity index (χ1v) is 44.0. The van der Waals surface area contributed by atoms with Crippen LogP contribution in [0.3, 0.4) is 0 Å². The van der Waals surface area contributed by atoms with Crippen LogP contribution < -0.4 is 14.2 Å². The predicted octanol–water partition coefficient (Wildman–Crippen LogP) is 30.6. The van der Waals surface area contributed by atoms with Crippen molar-refractivity contribution in [3.05, 3.63) is 510 Å². The molecule has 0 fully saturated rings. The molecule has 18 aromatic carbocycles. The van der Waals surface area contributed by atoms with Crippen LogP contribution in [-0.2, 0) is 16.2 Å². The van der Waals surface area contributed by atoms with Crippen molar-refractivity contribution in [1.29, 1.82) is 0 Å². The minimum atomic E-state index is -0.860. The number of nitrogens with zero attached hydrogens (tertiary/aromatic N) is 3. The number of hydrogen-bond acceptors (Lipinski definition) is 6. The topological polar surface area (TPSA) is 66.4 Å². The number of rotatable bonds is 9. The lowest BCUT2D eigenvalue weighted by atomic mass is 9.65. The molecule has 6 heterocycles. The molecule has 0 N–H and O–H groups in total. The number of benzene rings is 18. The van der Waals surface area contributed by atoms with Gasteiger partial charge in [0.25, 0.3) is 0 Å². The minimum Gasteiger partial charge on any atom is -0.457 e. The van der Waals surface area contributed by atoms with E-state index in [1.54, 1.807) is 0 Å². The fourth-order valence-electron chi connectivity index (χ4n) is 23.0. The summed E-state index contributed by atoms with van der Waals surface area (Å²) in [4.78, 5) is 16.2. The summed E-state index contributed by atoms with van der Waals surface area (Å²) in [6.45, 7) is 0. The molecule has 3 aliphatic carbocycles. The van der Waals surface area contributed by atoms with Gasteiger partial charge in [-0.3, -0.25) is 4.98 Å². The molecule has 1 unspecified atom stereocenters.